The molecule has 2 aromatic rings. The van der Waals surface area contributed by atoms with Crippen LogP contribution in [0.4, 0.5) is 5.69 Å². The number of rotatable bonds is 6. The average molecular weight is 242 g/mol. The number of pyridine rings is 2. The Hall–Kier alpha value is -1.94. The van der Waals surface area contributed by atoms with Gasteiger partial charge in [0.25, 0.3) is 0 Å². The Morgan fingerprint density at radius 2 is 1.89 bits per heavy atom. The number of hydrogen-bond donors (Lipinski definition) is 1. The summed E-state index contributed by atoms with van der Waals surface area (Å²) in [5.41, 5.74) is 7.97. The molecule has 0 spiro atoms. The Balaban J connectivity index is 2.10. The van der Waals surface area contributed by atoms with Crippen LogP contribution in [0.25, 0.3) is 0 Å². The van der Waals surface area contributed by atoms with Gasteiger partial charge in [-0.05, 0) is 36.7 Å². The van der Waals surface area contributed by atoms with Gasteiger partial charge >= 0.3 is 0 Å². The maximum Gasteiger partial charge on any atom is 0.0444 e. The molecule has 4 heteroatoms. The molecule has 0 saturated carbocycles. The molecule has 18 heavy (non-hydrogen) atoms. The predicted molar refractivity (Wildman–Crippen MR) is 73.2 cm³/mol. The van der Waals surface area contributed by atoms with Crippen LogP contribution in [-0.2, 0) is 6.54 Å². The van der Waals surface area contributed by atoms with E-state index in [0.717, 1.165) is 19.5 Å². The van der Waals surface area contributed by atoms with E-state index in [1.807, 2.05) is 36.8 Å². The Morgan fingerprint density at radius 3 is 2.56 bits per heavy atom. The third-order valence-corrected chi connectivity index (χ3v) is 2.76. The molecule has 0 fully saturated rings. The summed E-state index contributed by atoms with van der Waals surface area (Å²) in [6, 6.07) is 8.09. The third kappa shape index (κ3) is 3.53. The van der Waals surface area contributed by atoms with Gasteiger partial charge in [-0.15, -0.1) is 0 Å². The highest BCUT2D eigenvalue weighted by atomic mass is 15.1. The van der Waals surface area contributed by atoms with E-state index in [0.29, 0.717) is 6.54 Å². The quantitative estimate of drug-likeness (QED) is 0.839. The molecule has 0 atom stereocenters. The predicted octanol–water partition coefficient (Wildman–Crippen LogP) is 1.83. The van der Waals surface area contributed by atoms with Crippen molar-refractivity contribution in [1.29, 1.82) is 0 Å². The SMILES string of the molecule is NCCCN(Cc1cccnc1)c1ccncc1. The van der Waals surface area contributed by atoms with Crippen molar-refractivity contribution in [2.75, 3.05) is 18.0 Å². The van der Waals surface area contributed by atoms with Crippen molar-refractivity contribution in [3.05, 3.63) is 54.6 Å². The summed E-state index contributed by atoms with van der Waals surface area (Å²) in [5.74, 6) is 0. The Bertz CT molecular complexity index is 444. The smallest absolute Gasteiger partial charge is 0.0444 e. The van der Waals surface area contributed by atoms with Gasteiger partial charge in [-0.2, -0.15) is 0 Å². The van der Waals surface area contributed by atoms with E-state index in [9.17, 15) is 0 Å². The lowest BCUT2D eigenvalue weighted by atomic mass is 10.2. The van der Waals surface area contributed by atoms with Crippen molar-refractivity contribution in [2.45, 2.75) is 13.0 Å². The molecule has 0 radical (unpaired) electrons. The third-order valence-electron chi connectivity index (χ3n) is 2.76. The van der Waals surface area contributed by atoms with Gasteiger partial charge in [0, 0.05) is 43.6 Å². The summed E-state index contributed by atoms with van der Waals surface area (Å²) in [6.45, 7) is 2.49. The summed E-state index contributed by atoms with van der Waals surface area (Å²) in [6.07, 6.45) is 8.29. The molecule has 2 N–H and O–H groups in total. The van der Waals surface area contributed by atoms with Gasteiger partial charge in [0.2, 0.25) is 0 Å². The number of aromatic nitrogens is 2. The molecule has 4 nitrogen and oxygen atoms in total. The Morgan fingerprint density at radius 1 is 1.06 bits per heavy atom. The first-order valence-electron chi connectivity index (χ1n) is 6.14. The molecule has 0 saturated heterocycles. The summed E-state index contributed by atoms with van der Waals surface area (Å²) < 4.78 is 0. The fraction of sp³-hybridized carbons (Fsp3) is 0.286. The minimum absolute atomic E-state index is 0.703. The highest BCUT2D eigenvalue weighted by Gasteiger charge is 2.06. The largest absolute Gasteiger partial charge is 0.367 e. The molecule has 0 aliphatic rings. The maximum absolute atomic E-state index is 5.60. The molecule has 2 heterocycles. The van der Waals surface area contributed by atoms with Crippen LogP contribution >= 0.6 is 0 Å². The van der Waals surface area contributed by atoms with E-state index in [2.05, 4.69) is 20.9 Å². The van der Waals surface area contributed by atoms with Crippen molar-refractivity contribution >= 4 is 5.69 Å². The summed E-state index contributed by atoms with van der Waals surface area (Å²) >= 11 is 0. The molecule has 2 aromatic heterocycles. The lowest BCUT2D eigenvalue weighted by molar-refractivity contribution is 0.734. The van der Waals surface area contributed by atoms with Crippen molar-refractivity contribution in [2.24, 2.45) is 5.73 Å². The van der Waals surface area contributed by atoms with Crippen LogP contribution in [0.5, 0.6) is 0 Å². The van der Waals surface area contributed by atoms with Gasteiger partial charge in [0.05, 0.1) is 0 Å². The highest BCUT2D eigenvalue weighted by Crippen LogP contribution is 2.15. The molecule has 2 rings (SSSR count). The average Bonchev–Trinajstić information content (AvgIpc) is 2.45. The van der Waals surface area contributed by atoms with E-state index < -0.39 is 0 Å². The summed E-state index contributed by atoms with van der Waals surface area (Å²) in [5, 5.41) is 0. The lowest BCUT2D eigenvalue weighted by Gasteiger charge is -2.24. The second-order valence-electron chi connectivity index (χ2n) is 4.13. The molecule has 0 unspecified atom stereocenters. The van der Waals surface area contributed by atoms with Crippen molar-refractivity contribution in [3.8, 4) is 0 Å². The van der Waals surface area contributed by atoms with Crippen LogP contribution < -0.4 is 10.6 Å². The molecule has 94 valence electrons. The van der Waals surface area contributed by atoms with Gasteiger partial charge in [-0.25, -0.2) is 0 Å². The molecule has 0 aliphatic heterocycles. The second kappa shape index (κ2) is 6.71. The second-order valence-corrected chi connectivity index (χ2v) is 4.13. The minimum Gasteiger partial charge on any atom is -0.367 e. The molecule has 0 amide bonds. The van der Waals surface area contributed by atoms with E-state index in [-0.39, 0.29) is 0 Å². The van der Waals surface area contributed by atoms with Gasteiger partial charge in [-0.1, -0.05) is 6.07 Å². The number of nitrogens with zero attached hydrogens (tertiary/aromatic N) is 3. The number of nitrogens with two attached hydrogens (primary N) is 1. The van der Waals surface area contributed by atoms with E-state index >= 15 is 0 Å². The number of anilines is 1. The van der Waals surface area contributed by atoms with Crippen LogP contribution in [0, 0.1) is 0 Å². The van der Waals surface area contributed by atoms with E-state index in [1.54, 1.807) is 6.20 Å². The van der Waals surface area contributed by atoms with Gasteiger partial charge in [-0.3, -0.25) is 9.97 Å². The zero-order valence-corrected chi connectivity index (χ0v) is 10.4. The standard InChI is InChI=1S/C14H18N4/c15-6-2-10-18(14-4-8-16-9-5-14)12-13-3-1-7-17-11-13/h1,3-5,7-9,11H,2,6,10,12,15H2. The van der Waals surface area contributed by atoms with Crippen LogP contribution in [0.2, 0.25) is 0 Å². The molecular formula is C14H18N4. The normalized spacial score (nSPS) is 10.3. The monoisotopic (exact) mass is 242 g/mol. The fourth-order valence-corrected chi connectivity index (χ4v) is 1.85. The maximum atomic E-state index is 5.60. The van der Waals surface area contributed by atoms with Crippen LogP contribution in [0.15, 0.2) is 49.1 Å². The summed E-state index contributed by atoms with van der Waals surface area (Å²) in [4.78, 5) is 10.5. The first-order chi connectivity index (χ1) is 8.90. The Labute approximate surface area is 107 Å². The summed E-state index contributed by atoms with van der Waals surface area (Å²) in [7, 11) is 0. The van der Waals surface area contributed by atoms with Crippen molar-refractivity contribution in [1.82, 2.24) is 9.97 Å². The zero-order valence-electron chi connectivity index (χ0n) is 10.4. The molecule has 0 aromatic carbocycles. The first kappa shape index (κ1) is 12.5. The zero-order chi connectivity index (χ0) is 12.6. The lowest BCUT2D eigenvalue weighted by Crippen LogP contribution is -2.25. The number of hydrogen-bond acceptors (Lipinski definition) is 4. The first-order valence-corrected chi connectivity index (χ1v) is 6.14. The van der Waals surface area contributed by atoms with E-state index in [1.165, 1.54) is 11.3 Å². The molecule has 0 aliphatic carbocycles. The van der Waals surface area contributed by atoms with Crippen molar-refractivity contribution in [3.63, 3.8) is 0 Å². The van der Waals surface area contributed by atoms with Crippen molar-refractivity contribution < 1.29 is 0 Å². The highest BCUT2D eigenvalue weighted by molar-refractivity contribution is 5.45. The van der Waals surface area contributed by atoms with Gasteiger partial charge in [0.1, 0.15) is 0 Å². The fourth-order valence-electron chi connectivity index (χ4n) is 1.85. The minimum atomic E-state index is 0.703. The molecule has 0 bridgehead atoms. The van der Waals surface area contributed by atoms with Crippen LogP contribution in [-0.4, -0.2) is 23.1 Å². The van der Waals surface area contributed by atoms with Gasteiger partial charge < -0.3 is 10.6 Å². The van der Waals surface area contributed by atoms with E-state index in [4.69, 9.17) is 5.73 Å². The van der Waals surface area contributed by atoms with Crippen LogP contribution in [0.3, 0.4) is 0 Å². The topological polar surface area (TPSA) is 55.0 Å². The van der Waals surface area contributed by atoms with Crippen LogP contribution in [0.1, 0.15) is 12.0 Å². The Kier molecular flexibility index (Phi) is 4.67. The van der Waals surface area contributed by atoms with Gasteiger partial charge in [0.15, 0.2) is 0 Å². The molecular weight excluding hydrogens is 224 g/mol.